The van der Waals surface area contributed by atoms with Crippen LogP contribution < -0.4 is 14.2 Å². The van der Waals surface area contributed by atoms with Crippen molar-refractivity contribution < 1.29 is 23.7 Å². The molecule has 0 N–H and O–H groups in total. The van der Waals surface area contributed by atoms with Gasteiger partial charge in [0.2, 0.25) is 0 Å². The number of ether oxygens (including phenoxy) is 4. The first-order valence-electron chi connectivity index (χ1n) is 7.86. The monoisotopic (exact) mass is 320 g/mol. The van der Waals surface area contributed by atoms with Crippen LogP contribution in [0.1, 0.15) is 37.7 Å². The molecule has 1 aliphatic rings. The van der Waals surface area contributed by atoms with Gasteiger partial charge in [0.1, 0.15) is 11.9 Å². The van der Waals surface area contributed by atoms with Gasteiger partial charge >= 0.3 is 5.97 Å². The Morgan fingerprint density at radius 1 is 0.957 bits per heavy atom. The second kappa shape index (κ2) is 8.46. The third-order valence-electron chi connectivity index (χ3n) is 3.97. The molecule has 0 saturated heterocycles. The van der Waals surface area contributed by atoms with Crippen LogP contribution in [0.3, 0.4) is 0 Å². The largest absolute Gasteiger partial charge is 0.496 e. The molecule has 1 fully saturated rings. The summed E-state index contributed by atoms with van der Waals surface area (Å²) in [5.74, 6) is 1.43. The molecule has 1 aliphatic carbocycles. The Labute approximate surface area is 137 Å². The predicted molar refractivity (Wildman–Crippen MR) is 88.1 cm³/mol. The van der Waals surface area contributed by atoms with Gasteiger partial charge in [-0.15, -0.1) is 0 Å². The van der Waals surface area contributed by atoms with Gasteiger partial charge in [-0.2, -0.15) is 0 Å². The first-order chi connectivity index (χ1) is 11.2. The van der Waals surface area contributed by atoms with Crippen molar-refractivity contribution in [2.75, 3.05) is 21.3 Å². The fourth-order valence-corrected chi connectivity index (χ4v) is 2.73. The number of hydrogen-bond acceptors (Lipinski definition) is 5. The zero-order valence-corrected chi connectivity index (χ0v) is 14.0. The maximum atomic E-state index is 12.0. The van der Waals surface area contributed by atoms with Crippen molar-refractivity contribution in [3.8, 4) is 17.2 Å². The van der Waals surface area contributed by atoms with Crippen LogP contribution in [-0.4, -0.2) is 33.4 Å². The molecule has 0 radical (unpaired) electrons. The van der Waals surface area contributed by atoms with E-state index < -0.39 is 0 Å². The lowest BCUT2D eigenvalue weighted by atomic mass is 9.98. The first kappa shape index (κ1) is 17.2. The summed E-state index contributed by atoms with van der Waals surface area (Å²) < 4.78 is 21.3. The average molecular weight is 320 g/mol. The Balaban J connectivity index is 2.09. The zero-order chi connectivity index (χ0) is 16.7. The summed E-state index contributed by atoms with van der Waals surface area (Å²) in [4.78, 5) is 12.0. The quantitative estimate of drug-likeness (QED) is 0.592. The fraction of sp³-hybridized carbons (Fsp3) is 0.500. The SMILES string of the molecule is COc1cc(OC)c(OC)cc1C=CC(=O)OC1CCCCC1. The Morgan fingerprint density at radius 2 is 1.57 bits per heavy atom. The second-order valence-electron chi connectivity index (χ2n) is 5.48. The summed E-state index contributed by atoms with van der Waals surface area (Å²) in [6.07, 6.45) is 8.56. The molecule has 0 heterocycles. The first-order valence-corrected chi connectivity index (χ1v) is 7.86. The van der Waals surface area contributed by atoms with E-state index in [0.29, 0.717) is 17.2 Å². The van der Waals surface area contributed by atoms with E-state index in [1.807, 2.05) is 0 Å². The van der Waals surface area contributed by atoms with Crippen molar-refractivity contribution in [3.05, 3.63) is 23.8 Å². The second-order valence-corrected chi connectivity index (χ2v) is 5.48. The van der Waals surface area contributed by atoms with Crippen molar-refractivity contribution >= 4 is 12.0 Å². The number of carbonyl (C=O) groups excluding carboxylic acids is 1. The third kappa shape index (κ3) is 4.65. The van der Waals surface area contributed by atoms with Crippen LogP contribution in [0.4, 0.5) is 0 Å². The van der Waals surface area contributed by atoms with Crippen molar-refractivity contribution in [2.24, 2.45) is 0 Å². The molecule has 5 heteroatoms. The van der Waals surface area contributed by atoms with Gasteiger partial charge in [0.15, 0.2) is 11.5 Å². The Hall–Kier alpha value is -2.17. The Morgan fingerprint density at radius 3 is 2.17 bits per heavy atom. The minimum atomic E-state index is -0.325. The summed E-state index contributed by atoms with van der Waals surface area (Å²) in [5.41, 5.74) is 0.728. The number of hydrogen-bond donors (Lipinski definition) is 0. The summed E-state index contributed by atoms with van der Waals surface area (Å²) in [5, 5.41) is 0. The molecule has 0 atom stereocenters. The molecular weight excluding hydrogens is 296 g/mol. The number of carbonyl (C=O) groups is 1. The van der Waals surface area contributed by atoms with Gasteiger partial charge in [0.25, 0.3) is 0 Å². The molecule has 0 bridgehead atoms. The molecule has 0 unspecified atom stereocenters. The van der Waals surface area contributed by atoms with Crippen LogP contribution in [0.15, 0.2) is 18.2 Å². The van der Waals surface area contributed by atoms with Crippen molar-refractivity contribution in [1.29, 1.82) is 0 Å². The van der Waals surface area contributed by atoms with Crippen LogP contribution >= 0.6 is 0 Å². The van der Waals surface area contributed by atoms with E-state index in [-0.39, 0.29) is 12.1 Å². The van der Waals surface area contributed by atoms with Gasteiger partial charge in [-0.1, -0.05) is 6.42 Å². The molecule has 5 nitrogen and oxygen atoms in total. The maximum absolute atomic E-state index is 12.0. The van der Waals surface area contributed by atoms with E-state index in [0.717, 1.165) is 31.2 Å². The highest BCUT2D eigenvalue weighted by Gasteiger charge is 2.16. The van der Waals surface area contributed by atoms with Crippen molar-refractivity contribution in [1.82, 2.24) is 0 Å². The lowest BCUT2D eigenvalue weighted by Crippen LogP contribution is -2.19. The molecule has 23 heavy (non-hydrogen) atoms. The van der Waals surface area contributed by atoms with Crippen molar-refractivity contribution in [2.45, 2.75) is 38.2 Å². The highest BCUT2D eigenvalue weighted by molar-refractivity contribution is 5.88. The van der Waals surface area contributed by atoms with E-state index in [4.69, 9.17) is 18.9 Å². The van der Waals surface area contributed by atoms with E-state index in [1.54, 1.807) is 39.5 Å². The van der Waals surface area contributed by atoms with Crippen LogP contribution in [-0.2, 0) is 9.53 Å². The standard InChI is InChI=1S/C18H24O5/c1-20-15-12-17(22-3)16(21-2)11-13(15)9-10-18(19)23-14-7-5-4-6-8-14/h9-12,14H,4-8H2,1-3H3. The number of esters is 1. The molecule has 0 spiro atoms. The van der Waals surface area contributed by atoms with E-state index >= 15 is 0 Å². The van der Waals surface area contributed by atoms with E-state index in [2.05, 4.69) is 0 Å². The lowest BCUT2D eigenvalue weighted by Gasteiger charge is -2.20. The summed E-state index contributed by atoms with van der Waals surface area (Å²) >= 11 is 0. The van der Waals surface area contributed by atoms with Crippen molar-refractivity contribution in [3.63, 3.8) is 0 Å². The van der Waals surface area contributed by atoms with Gasteiger partial charge in [0, 0.05) is 17.7 Å². The Kier molecular flexibility index (Phi) is 6.32. The molecule has 0 aromatic heterocycles. The number of benzene rings is 1. The zero-order valence-electron chi connectivity index (χ0n) is 14.0. The highest BCUT2D eigenvalue weighted by Crippen LogP contribution is 2.35. The van der Waals surface area contributed by atoms with Gasteiger partial charge in [-0.05, 0) is 37.8 Å². The van der Waals surface area contributed by atoms with Crippen LogP contribution in [0.5, 0.6) is 17.2 Å². The average Bonchev–Trinajstić information content (AvgIpc) is 2.59. The number of rotatable bonds is 6. The topological polar surface area (TPSA) is 54.0 Å². The molecule has 1 aromatic carbocycles. The highest BCUT2D eigenvalue weighted by atomic mass is 16.5. The van der Waals surface area contributed by atoms with Crippen LogP contribution in [0.2, 0.25) is 0 Å². The third-order valence-corrected chi connectivity index (χ3v) is 3.97. The molecule has 126 valence electrons. The van der Waals surface area contributed by atoms with E-state index in [1.165, 1.54) is 12.5 Å². The smallest absolute Gasteiger partial charge is 0.331 e. The van der Waals surface area contributed by atoms with Gasteiger partial charge in [-0.3, -0.25) is 0 Å². The molecular formula is C18H24O5. The fourth-order valence-electron chi connectivity index (χ4n) is 2.73. The molecule has 0 aliphatic heterocycles. The van der Waals surface area contributed by atoms with Crippen LogP contribution in [0, 0.1) is 0 Å². The maximum Gasteiger partial charge on any atom is 0.331 e. The van der Waals surface area contributed by atoms with Gasteiger partial charge < -0.3 is 18.9 Å². The minimum Gasteiger partial charge on any atom is -0.496 e. The Bertz CT molecular complexity index is 559. The normalized spacial score (nSPS) is 15.4. The molecule has 1 saturated carbocycles. The summed E-state index contributed by atoms with van der Waals surface area (Å²) in [6.45, 7) is 0. The number of methoxy groups -OCH3 is 3. The van der Waals surface area contributed by atoms with Crippen LogP contribution in [0.25, 0.3) is 6.08 Å². The minimum absolute atomic E-state index is 0.0493. The summed E-state index contributed by atoms with van der Waals surface area (Å²) in [6, 6.07) is 3.49. The van der Waals surface area contributed by atoms with E-state index in [9.17, 15) is 4.79 Å². The molecule has 0 amide bonds. The lowest BCUT2D eigenvalue weighted by molar-refractivity contribution is -0.144. The van der Waals surface area contributed by atoms with Gasteiger partial charge in [0.05, 0.1) is 21.3 Å². The molecule has 1 aromatic rings. The summed E-state index contributed by atoms with van der Waals surface area (Å²) in [7, 11) is 4.70. The molecule has 2 rings (SSSR count). The van der Waals surface area contributed by atoms with Gasteiger partial charge in [-0.25, -0.2) is 4.79 Å². The predicted octanol–water partition coefficient (Wildman–Crippen LogP) is 3.60.